The maximum absolute atomic E-state index is 15.3. The highest BCUT2D eigenvalue weighted by Gasteiger charge is 2.28. The number of aromatic nitrogens is 1. The molecular weight excluding hydrogens is 547 g/mol. The van der Waals surface area contributed by atoms with Crippen LogP contribution in [-0.2, 0) is 6.54 Å². The van der Waals surface area contributed by atoms with E-state index in [-0.39, 0.29) is 22.9 Å². The van der Waals surface area contributed by atoms with E-state index in [1.807, 2.05) is 27.7 Å². The van der Waals surface area contributed by atoms with Gasteiger partial charge >= 0.3 is 5.97 Å². The van der Waals surface area contributed by atoms with E-state index in [2.05, 4.69) is 10.2 Å². The van der Waals surface area contributed by atoms with Crippen molar-refractivity contribution in [2.45, 2.75) is 25.4 Å². The lowest BCUT2D eigenvalue weighted by atomic mass is 10.1. The number of anilines is 2. The molecular formula is C31H28ClFN4O4. The Hall–Kier alpha value is -4.21. The molecule has 0 radical (unpaired) electrons. The van der Waals surface area contributed by atoms with Gasteiger partial charge in [-0.3, -0.25) is 14.5 Å². The minimum Gasteiger partial charge on any atom is -0.477 e. The van der Waals surface area contributed by atoms with Gasteiger partial charge in [0.25, 0.3) is 5.91 Å². The predicted molar refractivity (Wildman–Crippen MR) is 157 cm³/mol. The second kappa shape index (κ2) is 11.0. The SMILES string of the molecule is O=C(Nc1ccccc1Cl)c1ccc(CN2CCN(c3cc4c(cc3F)c(=O)c(C(=O)O)cn4C3CC3)CC2)cc1. The molecule has 0 bridgehead atoms. The molecule has 2 heterocycles. The fourth-order valence-electron chi connectivity index (χ4n) is 5.33. The fourth-order valence-corrected chi connectivity index (χ4v) is 5.51. The van der Waals surface area contributed by atoms with Crippen LogP contribution >= 0.6 is 11.6 Å². The lowest BCUT2D eigenvalue weighted by Crippen LogP contribution is -2.46. The second-order valence-electron chi connectivity index (χ2n) is 10.5. The molecule has 10 heteroatoms. The molecule has 1 saturated heterocycles. The predicted octanol–water partition coefficient (Wildman–Crippen LogP) is 5.40. The Bertz CT molecular complexity index is 1710. The molecule has 1 amide bonds. The van der Waals surface area contributed by atoms with E-state index in [4.69, 9.17) is 11.6 Å². The number of fused-ring (bicyclic) bond motifs is 1. The van der Waals surface area contributed by atoms with Crippen LogP contribution in [0.4, 0.5) is 15.8 Å². The Morgan fingerprint density at radius 3 is 2.37 bits per heavy atom. The third kappa shape index (κ3) is 5.55. The lowest BCUT2D eigenvalue weighted by Gasteiger charge is -2.36. The van der Waals surface area contributed by atoms with E-state index in [9.17, 15) is 19.5 Å². The molecule has 6 rings (SSSR count). The van der Waals surface area contributed by atoms with Crippen LogP contribution in [0.2, 0.25) is 5.02 Å². The van der Waals surface area contributed by atoms with Crippen LogP contribution in [0.15, 0.2) is 71.7 Å². The van der Waals surface area contributed by atoms with Gasteiger partial charge in [0.15, 0.2) is 0 Å². The monoisotopic (exact) mass is 574 g/mol. The summed E-state index contributed by atoms with van der Waals surface area (Å²) in [5, 5.41) is 12.9. The number of aromatic carboxylic acids is 1. The molecule has 41 heavy (non-hydrogen) atoms. The largest absolute Gasteiger partial charge is 0.477 e. The molecule has 3 aromatic carbocycles. The topological polar surface area (TPSA) is 94.9 Å². The summed E-state index contributed by atoms with van der Waals surface area (Å²) in [5.74, 6) is -2.07. The number of rotatable bonds is 7. The zero-order chi connectivity index (χ0) is 28.7. The zero-order valence-electron chi connectivity index (χ0n) is 22.1. The number of nitrogens with one attached hydrogen (secondary N) is 1. The molecule has 1 aromatic heterocycles. The van der Waals surface area contributed by atoms with Crippen molar-refractivity contribution >= 4 is 45.8 Å². The van der Waals surface area contributed by atoms with E-state index in [0.29, 0.717) is 60.2 Å². The molecule has 0 atom stereocenters. The van der Waals surface area contributed by atoms with E-state index < -0.39 is 17.2 Å². The maximum Gasteiger partial charge on any atom is 0.341 e. The van der Waals surface area contributed by atoms with Gasteiger partial charge in [-0.15, -0.1) is 0 Å². The van der Waals surface area contributed by atoms with Crippen molar-refractivity contribution in [1.82, 2.24) is 9.47 Å². The van der Waals surface area contributed by atoms with Gasteiger partial charge in [0, 0.05) is 55.9 Å². The molecule has 210 valence electrons. The number of piperazine rings is 1. The molecule has 1 saturated carbocycles. The number of nitrogens with zero attached hydrogens (tertiary/aromatic N) is 3. The third-order valence-electron chi connectivity index (χ3n) is 7.73. The average Bonchev–Trinajstić information content (AvgIpc) is 3.81. The van der Waals surface area contributed by atoms with E-state index in [0.717, 1.165) is 18.4 Å². The first-order chi connectivity index (χ1) is 19.8. The number of halogens is 2. The number of carboxylic acid groups (broad SMARTS) is 1. The Morgan fingerprint density at radius 2 is 1.71 bits per heavy atom. The molecule has 2 fully saturated rings. The van der Waals surface area contributed by atoms with Crippen molar-refractivity contribution in [3.05, 3.63) is 105 Å². The number of carbonyl (C=O) groups excluding carboxylic acids is 1. The van der Waals surface area contributed by atoms with Gasteiger partial charge in [-0.2, -0.15) is 0 Å². The first-order valence-electron chi connectivity index (χ1n) is 13.5. The van der Waals surface area contributed by atoms with Crippen LogP contribution in [0.1, 0.15) is 45.2 Å². The second-order valence-corrected chi connectivity index (χ2v) is 10.9. The van der Waals surface area contributed by atoms with Crippen molar-refractivity contribution in [2.75, 3.05) is 36.4 Å². The van der Waals surface area contributed by atoms with E-state index in [1.165, 1.54) is 12.3 Å². The summed E-state index contributed by atoms with van der Waals surface area (Å²) in [6.45, 7) is 3.31. The summed E-state index contributed by atoms with van der Waals surface area (Å²) in [5.41, 5.74) is 2.15. The minimum atomic E-state index is -1.30. The normalized spacial score (nSPS) is 15.7. The number of hydrogen-bond donors (Lipinski definition) is 2. The molecule has 4 aromatic rings. The molecule has 0 unspecified atom stereocenters. The number of carboxylic acids is 1. The van der Waals surface area contributed by atoms with Crippen LogP contribution < -0.4 is 15.6 Å². The van der Waals surface area contributed by atoms with Gasteiger partial charge in [0.05, 0.1) is 21.9 Å². The van der Waals surface area contributed by atoms with Crippen LogP contribution in [0.5, 0.6) is 0 Å². The first-order valence-corrected chi connectivity index (χ1v) is 13.9. The highest BCUT2D eigenvalue weighted by atomic mass is 35.5. The molecule has 8 nitrogen and oxygen atoms in total. The highest BCUT2D eigenvalue weighted by Crippen LogP contribution is 2.38. The summed E-state index contributed by atoms with van der Waals surface area (Å²) >= 11 is 6.14. The first kappa shape index (κ1) is 27.0. The van der Waals surface area contributed by atoms with Gasteiger partial charge < -0.3 is 19.9 Å². The van der Waals surface area contributed by atoms with Crippen LogP contribution in [0.25, 0.3) is 10.9 Å². The van der Waals surface area contributed by atoms with Crippen LogP contribution in [0, 0.1) is 5.82 Å². The Kier molecular flexibility index (Phi) is 7.23. The van der Waals surface area contributed by atoms with E-state index >= 15 is 4.39 Å². The van der Waals surface area contributed by atoms with Crippen molar-refractivity contribution in [3.8, 4) is 0 Å². The maximum atomic E-state index is 15.3. The average molecular weight is 575 g/mol. The van der Waals surface area contributed by atoms with Crippen molar-refractivity contribution in [1.29, 1.82) is 0 Å². The lowest BCUT2D eigenvalue weighted by molar-refractivity contribution is 0.0694. The van der Waals surface area contributed by atoms with Crippen LogP contribution in [-0.4, -0.2) is 52.6 Å². The Labute approximate surface area is 240 Å². The molecule has 2 N–H and O–H groups in total. The van der Waals surface area contributed by atoms with Crippen molar-refractivity contribution in [2.24, 2.45) is 0 Å². The Morgan fingerprint density at radius 1 is 1.00 bits per heavy atom. The summed E-state index contributed by atoms with van der Waals surface area (Å²) in [6.07, 6.45) is 3.20. The third-order valence-corrected chi connectivity index (χ3v) is 8.06. The van der Waals surface area contributed by atoms with Gasteiger partial charge in [0.2, 0.25) is 5.43 Å². The molecule has 0 spiro atoms. The minimum absolute atomic E-state index is 0.0979. The van der Waals surface area contributed by atoms with Gasteiger partial charge in [-0.05, 0) is 54.8 Å². The molecule has 1 aliphatic heterocycles. The number of pyridine rings is 1. The van der Waals surface area contributed by atoms with Crippen LogP contribution in [0.3, 0.4) is 0 Å². The zero-order valence-corrected chi connectivity index (χ0v) is 22.9. The number of carbonyl (C=O) groups is 2. The Balaban J connectivity index is 1.12. The standard InChI is InChI=1S/C31H28ClFN4O4/c32-24-3-1-2-4-26(24)34-30(39)20-7-5-19(6-8-20)17-35-11-13-36(14-12-35)28-16-27-22(15-25(28)33)29(38)23(31(40)41)18-37(27)21-9-10-21/h1-8,15-16,18,21H,9-14,17H2,(H,34,39)(H,40,41). The number of hydrogen-bond acceptors (Lipinski definition) is 5. The number of para-hydroxylation sites is 1. The summed E-state index contributed by atoms with van der Waals surface area (Å²) in [6, 6.07) is 17.5. The summed E-state index contributed by atoms with van der Waals surface area (Å²) < 4.78 is 17.1. The smallest absolute Gasteiger partial charge is 0.341 e. The molecule has 1 aliphatic carbocycles. The fraction of sp³-hybridized carbons (Fsp3) is 0.258. The van der Waals surface area contributed by atoms with E-state index in [1.54, 1.807) is 36.4 Å². The van der Waals surface area contributed by atoms with Gasteiger partial charge in [-0.1, -0.05) is 35.9 Å². The summed E-state index contributed by atoms with van der Waals surface area (Å²) in [7, 11) is 0. The molecule has 2 aliphatic rings. The van der Waals surface area contributed by atoms with Crippen molar-refractivity contribution in [3.63, 3.8) is 0 Å². The quantitative estimate of drug-likeness (QED) is 0.307. The number of amides is 1. The number of benzene rings is 3. The highest BCUT2D eigenvalue weighted by molar-refractivity contribution is 6.33. The van der Waals surface area contributed by atoms with Gasteiger partial charge in [0.1, 0.15) is 11.4 Å². The van der Waals surface area contributed by atoms with Gasteiger partial charge in [-0.25, -0.2) is 9.18 Å². The summed E-state index contributed by atoms with van der Waals surface area (Å²) in [4.78, 5) is 41.2. The van der Waals surface area contributed by atoms with Crippen molar-refractivity contribution < 1.29 is 19.1 Å².